The van der Waals surface area contributed by atoms with Crippen molar-refractivity contribution < 1.29 is 19.1 Å². The maximum Gasteiger partial charge on any atom is 0.302 e. The Balaban J connectivity index is 1.41. The van der Waals surface area contributed by atoms with Crippen molar-refractivity contribution in [2.45, 2.75) is 126 Å². The number of nitrogens with zero attached hydrogens (tertiary/aromatic N) is 1. The maximum absolute atomic E-state index is 14.7. The molecule has 5 aliphatic rings. The van der Waals surface area contributed by atoms with Crippen molar-refractivity contribution in [1.82, 2.24) is 4.90 Å². The molecule has 0 aliphatic heterocycles. The van der Waals surface area contributed by atoms with E-state index < -0.39 is 5.41 Å². The second-order valence-electron chi connectivity index (χ2n) is 17.4. The molecule has 0 N–H and O–H groups in total. The van der Waals surface area contributed by atoms with Crippen LogP contribution in [0.1, 0.15) is 119 Å². The van der Waals surface area contributed by atoms with Crippen LogP contribution in [0.25, 0.3) is 0 Å². The van der Waals surface area contributed by atoms with E-state index in [9.17, 15) is 14.4 Å². The van der Waals surface area contributed by atoms with Crippen LogP contribution >= 0.6 is 0 Å². The van der Waals surface area contributed by atoms with E-state index in [2.05, 4.69) is 60.6 Å². The number of amides is 1. The van der Waals surface area contributed by atoms with Crippen LogP contribution in [0.15, 0.2) is 41.5 Å². The highest BCUT2D eigenvalue weighted by atomic mass is 16.5. The van der Waals surface area contributed by atoms with Crippen LogP contribution < -0.4 is 0 Å². The number of fused-ring (bicyclic) bond motifs is 6. The summed E-state index contributed by atoms with van der Waals surface area (Å²) in [6, 6.07) is 10.2. The van der Waals surface area contributed by atoms with E-state index in [0.717, 1.165) is 56.9 Å². The molecule has 45 heavy (non-hydrogen) atoms. The van der Waals surface area contributed by atoms with Crippen LogP contribution in [0.2, 0.25) is 0 Å². The van der Waals surface area contributed by atoms with Gasteiger partial charge < -0.3 is 9.64 Å². The van der Waals surface area contributed by atoms with Crippen molar-refractivity contribution in [3.8, 4) is 0 Å². The third-order valence-electron chi connectivity index (χ3n) is 14.6. The molecule has 0 bridgehead atoms. The number of rotatable bonds is 5. The minimum atomic E-state index is -0.710. The fourth-order valence-corrected chi connectivity index (χ4v) is 12.4. The molecule has 246 valence electrons. The summed E-state index contributed by atoms with van der Waals surface area (Å²) < 4.78 is 5.93. The van der Waals surface area contributed by atoms with Gasteiger partial charge in [0.05, 0.1) is 5.41 Å². The normalized spacial score (nSPS) is 40.3. The molecule has 0 radical (unpaired) electrons. The van der Waals surface area contributed by atoms with Crippen molar-refractivity contribution in [2.75, 3.05) is 7.05 Å². The Morgan fingerprint density at radius 3 is 2.27 bits per heavy atom. The van der Waals surface area contributed by atoms with Crippen LogP contribution in [0.3, 0.4) is 0 Å². The molecule has 0 heterocycles. The minimum Gasteiger partial charge on any atom is -0.462 e. The zero-order valence-electron chi connectivity index (χ0n) is 29.4. The van der Waals surface area contributed by atoms with Crippen molar-refractivity contribution in [1.29, 1.82) is 0 Å². The molecule has 1 amide bonds. The smallest absolute Gasteiger partial charge is 0.302 e. The summed E-state index contributed by atoms with van der Waals surface area (Å²) in [6.07, 6.45) is 8.41. The summed E-state index contributed by atoms with van der Waals surface area (Å²) in [5.74, 6) is 1.29. The van der Waals surface area contributed by atoms with E-state index in [1.807, 2.05) is 30.1 Å². The second-order valence-corrected chi connectivity index (χ2v) is 17.4. The topological polar surface area (TPSA) is 63.7 Å². The van der Waals surface area contributed by atoms with Crippen molar-refractivity contribution in [2.24, 2.45) is 50.7 Å². The van der Waals surface area contributed by atoms with Gasteiger partial charge in [-0.25, -0.2) is 0 Å². The quantitative estimate of drug-likeness (QED) is 0.246. The van der Waals surface area contributed by atoms with Gasteiger partial charge in [-0.2, -0.15) is 0 Å². The molecule has 5 heteroatoms. The second kappa shape index (κ2) is 10.8. The number of ketones is 1. The largest absolute Gasteiger partial charge is 0.462 e. The molecule has 1 unspecified atom stereocenters. The fourth-order valence-electron chi connectivity index (χ4n) is 12.4. The Labute approximate surface area is 271 Å². The highest BCUT2D eigenvalue weighted by Crippen LogP contribution is 2.76. The van der Waals surface area contributed by atoms with E-state index >= 15 is 0 Å². The Hall–Kier alpha value is -2.43. The minimum absolute atomic E-state index is 0.0280. The van der Waals surface area contributed by atoms with Gasteiger partial charge in [-0.05, 0) is 96.5 Å². The molecule has 1 aromatic carbocycles. The van der Waals surface area contributed by atoms with E-state index in [1.165, 1.54) is 11.1 Å². The molecule has 8 atom stereocenters. The molecule has 0 spiro atoms. The first-order chi connectivity index (χ1) is 21.0. The van der Waals surface area contributed by atoms with Crippen LogP contribution in [-0.2, 0) is 25.7 Å². The third kappa shape index (κ3) is 4.55. The first-order valence-electron chi connectivity index (χ1n) is 17.8. The van der Waals surface area contributed by atoms with E-state index in [4.69, 9.17) is 4.74 Å². The predicted molar refractivity (Wildman–Crippen MR) is 178 cm³/mol. The fraction of sp³-hybridized carbons (Fsp3) is 0.725. The van der Waals surface area contributed by atoms with Crippen molar-refractivity contribution >= 4 is 17.7 Å². The summed E-state index contributed by atoms with van der Waals surface area (Å²) in [5.41, 5.74) is 3.23. The van der Waals surface area contributed by atoms with Crippen LogP contribution in [0.4, 0.5) is 0 Å². The zero-order valence-corrected chi connectivity index (χ0v) is 29.4. The maximum atomic E-state index is 14.7. The summed E-state index contributed by atoms with van der Waals surface area (Å²) in [6.45, 7) is 18.8. The van der Waals surface area contributed by atoms with Gasteiger partial charge in [0.2, 0.25) is 5.91 Å². The first kappa shape index (κ1) is 32.5. The highest BCUT2D eigenvalue weighted by Gasteiger charge is 2.70. The van der Waals surface area contributed by atoms with Gasteiger partial charge in [-0.1, -0.05) is 84.4 Å². The van der Waals surface area contributed by atoms with E-state index in [-0.39, 0.29) is 57.3 Å². The average molecular weight is 616 g/mol. The zero-order chi connectivity index (χ0) is 32.7. The number of esters is 1. The third-order valence-corrected chi connectivity index (χ3v) is 14.6. The summed E-state index contributed by atoms with van der Waals surface area (Å²) in [5, 5.41) is 0. The molecule has 4 saturated carbocycles. The van der Waals surface area contributed by atoms with Gasteiger partial charge in [0.1, 0.15) is 11.9 Å². The number of hydrogen-bond acceptors (Lipinski definition) is 4. The summed E-state index contributed by atoms with van der Waals surface area (Å²) in [4.78, 5) is 42.6. The molecule has 6 rings (SSSR count). The van der Waals surface area contributed by atoms with E-state index in [0.29, 0.717) is 24.8 Å². The van der Waals surface area contributed by atoms with Gasteiger partial charge in [0, 0.05) is 38.3 Å². The van der Waals surface area contributed by atoms with Gasteiger partial charge in [-0.3, -0.25) is 14.4 Å². The highest BCUT2D eigenvalue weighted by molar-refractivity contribution is 6.00. The number of carbonyl (C=O) groups excluding carboxylic acids is 3. The molecule has 0 saturated heterocycles. The number of Topliss-reactive ketones (excluding diaryl/α,β-unsaturated/α-hetero) is 1. The summed E-state index contributed by atoms with van der Waals surface area (Å²) >= 11 is 0. The number of benzene rings is 1. The number of ether oxygens (including phenoxy) is 1. The van der Waals surface area contributed by atoms with Crippen molar-refractivity contribution in [3.05, 3.63) is 47.0 Å². The van der Waals surface area contributed by atoms with Gasteiger partial charge in [-0.15, -0.1) is 0 Å². The molecule has 1 aromatic rings. The average Bonchev–Trinajstić information content (AvgIpc) is 3.28. The predicted octanol–water partition coefficient (Wildman–Crippen LogP) is 8.56. The Morgan fingerprint density at radius 2 is 1.62 bits per heavy atom. The molecule has 5 aliphatic carbocycles. The molecular weight excluding hydrogens is 558 g/mol. The number of hydrogen-bond donors (Lipinski definition) is 0. The van der Waals surface area contributed by atoms with Crippen LogP contribution in [-0.4, -0.2) is 35.7 Å². The van der Waals surface area contributed by atoms with Crippen LogP contribution in [0, 0.1) is 50.7 Å². The molecule has 0 aromatic heterocycles. The lowest BCUT2D eigenvalue weighted by molar-refractivity contribution is -0.213. The Bertz CT molecular complexity index is 1410. The Kier molecular flexibility index (Phi) is 7.81. The van der Waals surface area contributed by atoms with Gasteiger partial charge in [0.25, 0.3) is 0 Å². The number of carbonyl (C=O) groups is 3. The van der Waals surface area contributed by atoms with E-state index in [1.54, 1.807) is 6.92 Å². The van der Waals surface area contributed by atoms with Gasteiger partial charge >= 0.3 is 5.97 Å². The SMILES string of the molecule is CC(=O)O[C@H]1CC[C@]2(C)[C@H]3CCC4=C5C(C(C)C)C(=O)C[C@]5(C(=O)N(C)Cc5ccccc5)CC[C@@]4(C)[C@]3(C)CC[C@H]2C1(C)C. The number of allylic oxidation sites excluding steroid dienone is 1. The standard InChI is InChI=1S/C40H57NO4/c1-25(2)33-29(43)23-40(35(44)41(9)24-27-13-11-10-12-14-27)22-21-38(7)28(34(33)40)15-16-31-37(6)19-18-32(45-26(3)42)36(4,5)30(37)17-20-39(31,38)8/h10-14,25,30-33H,15-24H2,1-9H3/t30-,31+,32-,33?,37-,38+,39+,40+/m0/s1. The lowest BCUT2D eigenvalue weighted by atomic mass is 9.34. The monoisotopic (exact) mass is 615 g/mol. The Morgan fingerprint density at radius 1 is 0.933 bits per heavy atom. The lowest BCUT2D eigenvalue weighted by Crippen LogP contribution is -2.64. The molecule has 5 nitrogen and oxygen atoms in total. The molecule has 4 fully saturated rings. The van der Waals surface area contributed by atoms with Crippen LogP contribution in [0.5, 0.6) is 0 Å². The summed E-state index contributed by atoms with van der Waals surface area (Å²) in [7, 11) is 1.93. The van der Waals surface area contributed by atoms with Gasteiger partial charge in [0.15, 0.2) is 0 Å². The molecular formula is C40H57NO4. The first-order valence-corrected chi connectivity index (χ1v) is 17.8. The van der Waals surface area contributed by atoms with Crippen molar-refractivity contribution in [3.63, 3.8) is 0 Å². The lowest BCUT2D eigenvalue weighted by Gasteiger charge is -2.70.